The van der Waals surface area contributed by atoms with Gasteiger partial charge in [0.25, 0.3) is 0 Å². The second-order valence-corrected chi connectivity index (χ2v) is 2.71. The number of hydrogen-bond donors (Lipinski definition) is 2. The van der Waals surface area contributed by atoms with Gasteiger partial charge in [0.1, 0.15) is 11.8 Å². The molecule has 0 bridgehead atoms. The smallest absolute Gasteiger partial charge is 0.530 e. The number of ether oxygens (including phenoxy) is 1. The first kappa shape index (κ1) is 12.0. The van der Waals surface area contributed by atoms with Crippen molar-refractivity contribution >= 4 is 17.5 Å². The number of nitrogens with one attached hydrogen (secondary N) is 1. The maximum atomic E-state index is 11.8. The quantitative estimate of drug-likeness (QED) is 0.746. The number of halogens is 3. The van der Waals surface area contributed by atoms with Gasteiger partial charge in [-0.3, -0.25) is 0 Å². The molecule has 1 amide bonds. The third-order valence-electron chi connectivity index (χ3n) is 1.49. The molecule has 0 aliphatic heterocycles. The Morgan fingerprint density at radius 2 is 2.06 bits per heavy atom. The topological polar surface area (TPSA) is 87.4 Å². The molecule has 3 N–H and O–H groups in total. The molecule has 0 radical (unpaired) electrons. The lowest BCUT2D eigenvalue weighted by Gasteiger charge is -2.12. The van der Waals surface area contributed by atoms with Crippen molar-refractivity contribution in [3.8, 4) is 5.75 Å². The lowest BCUT2D eigenvalue weighted by Crippen LogP contribution is -2.29. The van der Waals surface area contributed by atoms with Crippen molar-refractivity contribution < 1.29 is 27.8 Å². The van der Waals surface area contributed by atoms with E-state index in [0.29, 0.717) is 0 Å². The number of benzene rings is 1. The Bertz CT molecular complexity index is 406. The van der Waals surface area contributed by atoms with Gasteiger partial charge >= 0.3 is 6.36 Å². The molecule has 0 saturated carbocycles. The zero-order valence-electron chi connectivity index (χ0n) is 7.67. The molecular formula is C8H6F3N2O3-. The standard InChI is InChI=1S/C8H7F3N2O3/c9-8(10,11)16-4-1-2-6(5(12)3-4)13-7(14)15/h1-3,13H,12H2,(H,14,15)/p-1. The fourth-order valence-electron chi connectivity index (χ4n) is 0.962. The summed E-state index contributed by atoms with van der Waals surface area (Å²) in [5, 5.41) is 12.0. The molecule has 88 valence electrons. The number of nitrogens with two attached hydrogens (primary N) is 1. The van der Waals surface area contributed by atoms with Gasteiger partial charge in [0.2, 0.25) is 0 Å². The summed E-state index contributed by atoms with van der Waals surface area (Å²) in [6, 6.07) is 2.81. The molecule has 0 aliphatic rings. The highest BCUT2D eigenvalue weighted by atomic mass is 19.4. The van der Waals surface area contributed by atoms with Gasteiger partial charge in [-0.1, -0.05) is 0 Å². The van der Waals surface area contributed by atoms with Crippen molar-refractivity contribution in [1.29, 1.82) is 0 Å². The number of carbonyl (C=O) groups excluding carboxylic acids is 1. The first-order valence-electron chi connectivity index (χ1n) is 3.91. The molecule has 0 spiro atoms. The zero-order valence-corrected chi connectivity index (χ0v) is 7.67. The maximum Gasteiger partial charge on any atom is 0.573 e. The predicted molar refractivity (Wildman–Crippen MR) is 46.6 cm³/mol. The van der Waals surface area contributed by atoms with Gasteiger partial charge in [-0.2, -0.15) is 0 Å². The van der Waals surface area contributed by atoms with Crippen LogP contribution in [-0.4, -0.2) is 12.5 Å². The van der Waals surface area contributed by atoms with E-state index in [1.165, 1.54) is 0 Å². The second-order valence-electron chi connectivity index (χ2n) is 2.71. The van der Waals surface area contributed by atoms with E-state index >= 15 is 0 Å². The number of alkyl halides is 3. The minimum atomic E-state index is -4.82. The van der Waals surface area contributed by atoms with E-state index in [9.17, 15) is 23.1 Å². The van der Waals surface area contributed by atoms with Crippen LogP contribution in [0.15, 0.2) is 18.2 Å². The largest absolute Gasteiger partial charge is 0.573 e. The molecule has 0 saturated heterocycles. The number of carbonyl (C=O) groups is 1. The summed E-state index contributed by atoms with van der Waals surface area (Å²) in [7, 11) is 0. The monoisotopic (exact) mass is 235 g/mol. The molecule has 16 heavy (non-hydrogen) atoms. The number of anilines is 2. The van der Waals surface area contributed by atoms with Gasteiger partial charge < -0.3 is 25.7 Å². The van der Waals surface area contributed by atoms with Gasteiger partial charge in [0, 0.05) is 6.07 Å². The highest BCUT2D eigenvalue weighted by Gasteiger charge is 2.31. The summed E-state index contributed by atoms with van der Waals surface area (Å²) in [6.45, 7) is 0. The minimum absolute atomic E-state index is 0.0745. The third kappa shape index (κ3) is 3.56. The number of hydrogen-bond acceptors (Lipinski definition) is 4. The average Bonchev–Trinajstić information content (AvgIpc) is 2.06. The molecule has 8 heteroatoms. The van der Waals surface area contributed by atoms with Gasteiger partial charge in [0.15, 0.2) is 0 Å². The van der Waals surface area contributed by atoms with Gasteiger partial charge in [0.05, 0.1) is 11.4 Å². The Balaban J connectivity index is 2.87. The van der Waals surface area contributed by atoms with E-state index in [1.54, 1.807) is 5.32 Å². The highest BCUT2D eigenvalue weighted by Crippen LogP contribution is 2.28. The summed E-state index contributed by atoms with van der Waals surface area (Å²) in [6.07, 6.45) is -6.44. The lowest BCUT2D eigenvalue weighted by atomic mass is 10.2. The fourth-order valence-corrected chi connectivity index (χ4v) is 0.962. The van der Waals surface area contributed by atoms with Crippen LogP contribution in [0.3, 0.4) is 0 Å². The Hall–Kier alpha value is -2.12. The first-order chi connectivity index (χ1) is 7.28. The van der Waals surface area contributed by atoms with Crippen molar-refractivity contribution in [1.82, 2.24) is 0 Å². The molecule has 0 atom stereocenters. The SMILES string of the molecule is Nc1cc(OC(F)(F)F)ccc1NC(=O)[O-]. The minimum Gasteiger partial charge on any atom is -0.530 e. The molecule has 0 unspecified atom stereocenters. The predicted octanol–water partition coefficient (Wildman–Crippen LogP) is 0.923. The van der Waals surface area contributed by atoms with Crippen LogP contribution in [-0.2, 0) is 0 Å². The molecule has 0 heterocycles. The Morgan fingerprint density at radius 3 is 2.50 bits per heavy atom. The summed E-state index contributed by atoms with van der Waals surface area (Å²) < 4.78 is 39.0. The van der Waals surface area contributed by atoms with Gasteiger partial charge in [-0.05, 0) is 12.1 Å². The van der Waals surface area contributed by atoms with Crippen molar-refractivity contribution in [3.05, 3.63) is 18.2 Å². The molecule has 1 aromatic rings. The van der Waals surface area contributed by atoms with Crippen molar-refractivity contribution in [2.24, 2.45) is 0 Å². The molecular weight excluding hydrogens is 229 g/mol. The third-order valence-corrected chi connectivity index (χ3v) is 1.49. The van der Waals surface area contributed by atoms with Crippen LogP contribution in [0.1, 0.15) is 0 Å². The van der Waals surface area contributed by atoms with E-state index in [-0.39, 0.29) is 11.4 Å². The van der Waals surface area contributed by atoms with Crippen LogP contribution in [0, 0.1) is 0 Å². The number of carboxylic acid groups (broad SMARTS) is 1. The second kappa shape index (κ2) is 4.17. The van der Waals surface area contributed by atoms with Crippen molar-refractivity contribution in [2.75, 3.05) is 11.1 Å². The average molecular weight is 235 g/mol. The van der Waals surface area contributed by atoms with Crippen LogP contribution in [0.4, 0.5) is 29.3 Å². The molecule has 1 rings (SSSR count). The first-order valence-corrected chi connectivity index (χ1v) is 3.91. The number of rotatable bonds is 2. The van der Waals surface area contributed by atoms with Crippen LogP contribution in [0.2, 0.25) is 0 Å². The molecule has 0 aliphatic carbocycles. The van der Waals surface area contributed by atoms with Crippen LogP contribution >= 0.6 is 0 Å². The van der Waals surface area contributed by atoms with E-state index < -0.39 is 18.2 Å². The van der Waals surface area contributed by atoms with E-state index in [0.717, 1.165) is 18.2 Å². The zero-order chi connectivity index (χ0) is 12.3. The highest BCUT2D eigenvalue weighted by molar-refractivity contribution is 5.86. The molecule has 0 aromatic heterocycles. The number of amides is 1. The molecule has 1 aromatic carbocycles. The van der Waals surface area contributed by atoms with Crippen molar-refractivity contribution in [3.63, 3.8) is 0 Å². The fraction of sp³-hybridized carbons (Fsp3) is 0.125. The number of nitrogen functional groups attached to an aromatic ring is 1. The Labute approximate surface area is 87.6 Å². The van der Waals surface area contributed by atoms with Crippen LogP contribution < -0.4 is 20.9 Å². The van der Waals surface area contributed by atoms with Gasteiger partial charge in [-0.15, -0.1) is 13.2 Å². The van der Waals surface area contributed by atoms with E-state index in [1.807, 2.05) is 0 Å². The molecule has 5 nitrogen and oxygen atoms in total. The summed E-state index contributed by atoms with van der Waals surface area (Å²) in [5.74, 6) is -0.533. The Morgan fingerprint density at radius 1 is 1.44 bits per heavy atom. The van der Waals surface area contributed by atoms with Gasteiger partial charge in [-0.25, -0.2) is 0 Å². The van der Waals surface area contributed by atoms with Crippen LogP contribution in [0.5, 0.6) is 5.75 Å². The lowest BCUT2D eigenvalue weighted by molar-refractivity contribution is -0.274. The molecule has 0 fully saturated rings. The normalized spacial score (nSPS) is 10.9. The summed E-state index contributed by atoms with van der Waals surface area (Å²) in [4.78, 5) is 10.1. The Kier molecular flexibility index (Phi) is 3.11. The van der Waals surface area contributed by atoms with E-state index in [4.69, 9.17) is 5.73 Å². The maximum absolute atomic E-state index is 11.8. The van der Waals surface area contributed by atoms with Crippen LogP contribution in [0.25, 0.3) is 0 Å². The van der Waals surface area contributed by atoms with E-state index in [2.05, 4.69) is 4.74 Å². The summed E-state index contributed by atoms with van der Waals surface area (Å²) >= 11 is 0. The summed E-state index contributed by atoms with van der Waals surface area (Å²) in [5.41, 5.74) is 5.01. The van der Waals surface area contributed by atoms with Crippen molar-refractivity contribution in [2.45, 2.75) is 6.36 Å².